The minimum atomic E-state index is -1.62. The van der Waals surface area contributed by atoms with Crippen molar-refractivity contribution < 1.29 is 44.4 Å². The maximum Gasteiger partial charge on any atom is 0.328 e. The summed E-state index contributed by atoms with van der Waals surface area (Å²) in [5.74, 6) is -1.34. The summed E-state index contributed by atoms with van der Waals surface area (Å²) in [5.41, 5.74) is -0.0411. The number of hydrogen-bond donors (Lipinski definition) is 5. The summed E-state index contributed by atoms with van der Waals surface area (Å²) in [6.07, 6.45) is 5.76. The molecule has 5 rings (SSSR count). The third-order valence-corrected chi connectivity index (χ3v) is 11.3. The van der Waals surface area contributed by atoms with E-state index < -0.39 is 47.4 Å². The van der Waals surface area contributed by atoms with Crippen LogP contribution in [0.2, 0.25) is 0 Å². The molecule has 1 aromatic rings. The molecule has 3 saturated carbocycles. The fourth-order valence-electron chi connectivity index (χ4n) is 9.08. The highest BCUT2D eigenvalue weighted by Gasteiger charge is 2.68. The topological polar surface area (TPSA) is 175 Å². The number of phenolic OH excluding ortho intramolecular Hbond substituents is 1. The lowest BCUT2D eigenvalue weighted by Gasteiger charge is -2.60. The smallest absolute Gasteiger partial charge is 0.328 e. The molecule has 5 N–H and O–H groups in total. The summed E-state index contributed by atoms with van der Waals surface area (Å²) in [6, 6.07) is 5.44. The number of hydrogen-bond acceptors (Lipinski definition) is 10. The van der Waals surface area contributed by atoms with Crippen molar-refractivity contribution in [1.82, 2.24) is 5.32 Å². The molecule has 8 atom stereocenters. The van der Waals surface area contributed by atoms with Gasteiger partial charge in [-0.05, 0) is 98.8 Å². The fraction of sp³-hybridized carbons (Fsp3) is 0.647. The Bertz CT molecular complexity index is 1360. The van der Waals surface area contributed by atoms with Crippen molar-refractivity contribution in [2.24, 2.45) is 33.7 Å². The van der Waals surface area contributed by atoms with Crippen LogP contribution < -0.4 is 5.32 Å². The maximum atomic E-state index is 12.7. The number of allylic oxidation sites excluding steroid dienone is 2. The number of ketones is 1. The zero-order valence-corrected chi connectivity index (χ0v) is 26.3. The average molecular weight is 627 g/mol. The van der Waals surface area contributed by atoms with Crippen LogP contribution in [0.5, 0.6) is 5.75 Å². The standard InChI is InChI=1S/C34H46N2O9/c1-4-44-31(42)26(15-20-5-8-23(38)9-6-20)35-29(41)19-45-36-22-11-13-32(2)21(16-22)7-10-24-25-12-14-34(43,28(40)18-37)33(25,3)17-27(39)30(24)32/h5-6,8-9,16,24-27,30,37-39,43H,4,7,10-15,17-19H2,1-3H3,(H,35,41)/b36-22-/t24-,25-,26-,27+,30+,32-,33-,34-/m0/s1. The first-order valence-electron chi connectivity index (χ1n) is 16.0. The lowest BCUT2D eigenvalue weighted by Crippen LogP contribution is -2.62. The zero-order chi connectivity index (χ0) is 32.6. The van der Waals surface area contributed by atoms with Crippen molar-refractivity contribution in [3.8, 4) is 5.75 Å². The van der Waals surface area contributed by atoms with Gasteiger partial charge in [-0.25, -0.2) is 4.79 Å². The van der Waals surface area contributed by atoms with E-state index >= 15 is 0 Å². The highest BCUT2D eigenvalue weighted by molar-refractivity contribution is 5.96. The van der Waals surface area contributed by atoms with Gasteiger partial charge >= 0.3 is 5.97 Å². The van der Waals surface area contributed by atoms with Gasteiger partial charge in [0.25, 0.3) is 5.91 Å². The van der Waals surface area contributed by atoms with Gasteiger partial charge in [-0.1, -0.05) is 36.7 Å². The molecule has 0 aromatic heterocycles. The normalized spacial score (nSPS) is 35.3. The van der Waals surface area contributed by atoms with Crippen molar-refractivity contribution in [3.63, 3.8) is 0 Å². The highest BCUT2D eigenvalue weighted by atomic mass is 16.6. The Hall–Kier alpha value is -3.28. The van der Waals surface area contributed by atoms with Crippen LogP contribution in [0, 0.1) is 28.6 Å². The molecule has 0 saturated heterocycles. The van der Waals surface area contributed by atoms with Gasteiger partial charge < -0.3 is 35.3 Å². The second-order valence-corrected chi connectivity index (χ2v) is 13.7. The Morgan fingerprint density at radius 1 is 1.11 bits per heavy atom. The number of esters is 1. The van der Waals surface area contributed by atoms with Gasteiger partial charge in [-0.2, -0.15) is 0 Å². The fourth-order valence-corrected chi connectivity index (χ4v) is 9.08. The van der Waals surface area contributed by atoms with Crippen LogP contribution in [0.25, 0.3) is 0 Å². The van der Waals surface area contributed by atoms with Crippen LogP contribution in [0.15, 0.2) is 41.1 Å². The number of fused-ring (bicyclic) bond motifs is 5. The Morgan fingerprint density at radius 3 is 2.53 bits per heavy atom. The Balaban J connectivity index is 1.23. The molecule has 11 heteroatoms. The molecule has 0 heterocycles. The zero-order valence-electron chi connectivity index (χ0n) is 26.3. The summed E-state index contributed by atoms with van der Waals surface area (Å²) in [5, 5.41) is 49.0. The van der Waals surface area contributed by atoms with Gasteiger partial charge in [0.1, 0.15) is 24.0 Å². The van der Waals surface area contributed by atoms with Crippen LogP contribution in [0.3, 0.4) is 0 Å². The molecule has 45 heavy (non-hydrogen) atoms. The molecule has 4 aliphatic carbocycles. The van der Waals surface area contributed by atoms with Crippen LogP contribution in [0.4, 0.5) is 0 Å². The molecule has 11 nitrogen and oxygen atoms in total. The van der Waals surface area contributed by atoms with E-state index in [-0.39, 0.29) is 48.6 Å². The number of carbonyl (C=O) groups is 3. The highest BCUT2D eigenvalue weighted by Crippen LogP contribution is 2.67. The largest absolute Gasteiger partial charge is 0.508 e. The molecule has 0 spiro atoms. The van der Waals surface area contributed by atoms with E-state index in [4.69, 9.17) is 9.57 Å². The van der Waals surface area contributed by atoms with Crippen molar-refractivity contribution in [3.05, 3.63) is 41.5 Å². The first-order chi connectivity index (χ1) is 21.4. The van der Waals surface area contributed by atoms with Gasteiger partial charge in [0, 0.05) is 11.8 Å². The third kappa shape index (κ3) is 6.02. The molecule has 246 valence electrons. The molecule has 0 unspecified atom stereocenters. The molecule has 3 fully saturated rings. The number of benzene rings is 1. The molecular weight excluding hydrogens is 580 g/mol. The summed E-state index contributed by atoms with van der Waals surface area (Å²) in [7, 11) is 0. The summed E-state index contributed by atoms with van der Waals surface area (Å²) < 4.78 is 5.13. The van der Waals surface area contributed by atoms with E-state index in [1.54, 1.807) is 19.1 Å². The van der Waals surface area contributed by atoms with E-state index in [1.807, 2.05) is 13.0 Å². The first kappa shape index (κ1) is 33.1. The number of oxime groups is 1. The number of amides is 1. The predicted molar refractivity (Wildman–Crippen MR) is 164 cm³/mol. The van der Waals surface area contributed by atoms with Gasteiger partial charge in [0.15, 0.2) is 12.4 Å². The van der Waals surface area contributed by atoms with E-state index in [9.17, 15) is 34.8 Å². The monoisotopic (exact) mass is 626 g/mol. The number of aliphatic hydroxyl groups excluding tert-OH is 2. The SMILES string of the molecule is CCOC(=O)[C@H](Cc1ccc(O)cc1)NC(=O)CO/N=C1\C=C2CC[C@@H]3[C@H]([C@H](O)C[C@@]4(C)[C@H]3CC[C@]4(O)C(=O)CO)[C@@]2(C)CC1. The number of Topliss-reactive ketones (excluding diaryl/α,β-unsaturated/α-hetero) is 1. The second-order valence-electron chi connectivity index (χ2n) is 13.7. The van der Waals surface area contributed by atoms with Crippen molar-refractivity contribution >= 4 is 23.4 Å². The number of rotatable bonds is 10. The van der Waals surface area contributed by atoms with Crippen molar-refractivity contribution in [2.45, 2.75) is 89.9 Å². The van der Waals surface area contributed by atoms with Gasteiger partial charge in [0.05, 0.1) is 18.4 Å². The Labute approximate surface area is 263 Å². The van der Waals surface area contributed by atoms with Crippen molar-refractivity contribution in [1.29, 1.82) is 0 Å². The van der Waals surface area contributed by atoms with Crippen LogP contribution in [-0.4, -0.2) is 81.4 Å². The summed E-state index contributed by atoms with van der Waals surface area (Å²) in [6.45, 7) is 4.87. The molecule has 4 aliphatic rings. The molecule has 0 aliphatic heterocycles. The van der Waals surface area contributed by atoms with Crippen LogP contribution in [0.1, 0.15) is 71.3 Å². The van der Waals surface area contributed by atoms with E-state index in [0.717, 1.165) is 24.8 Å². The van der Waals surface area contributed by atoms with Gasteiger partial charge in [-0.3, -0.25) is 9.59 Å². The minimum Gasteiger partial charge on any atom is -0.508 e. The van der Waals surface area contributed by atoms with Crippen molar-refractivity contribution in [2.75, 3.05) is 19.8 Å². The Morgan fingerprint density at radius 2 is 1.84 bits per heavy atom. The quantitative estimate of drug-likeness (QED) is 0.193. The number of nitrogens with one attached hydrogen (secondary N) is 1. The number of aliphatic hydroxyl groups is 3. The lowest BCUT2D eigenvalue weighted by atomic mass is 9.45. The van der Waals surface area contributed by atoms with Gasteiger partial charge in [0.2, 0.25) is 0 Å². The minimum absolute atomic E-state index is 0.0243. The predicted octanol–water partition coefficient (Wildman–Crippen LogP) is 2.58. The number of ether oxygens (including phenoxy) is 1. The van der Waals surface area contributed by atoms with Crippen LogP contribution >= 0.6 is 0 Å². The first-order valence-corrected chi connectivity index (χ1v) is 16.0. The number of phenols is 1. The third-order valence-electron chi connectivity index (χ3n) is 11.3. The molecular formula is C34H46N2O9. The number of carbonyl (C=O) groups excluding carboxylic acids is 3. The summed E-state index contributed by atoms with van der Waals surface area (Å²) >= 11 is 0. The van der Waals surface area contributed by atoms with Crippen LogP contribution in [-0.2, 0) is 30.4 Å². The maximum absolute atomic E-state index is 12.7. The summed E-state index contributed by atoms with van der Waals surface area (Å²) in [4.78, 5) is 43.3. The lowest BCUT2D eigenvalue weighted by molar-refractivity contribution is -0.181. The van der Waals surface area contributed by atoms with E-state index in [1.165, 1.54) is 17.7 Å². The van der Waals surface area contributed by atoms with E-state index in [2.05, 4.69) is 17.4 Å². The second kappa shape index (κ2) is 12.8. The average Bonchev–Trinajstić information content (AvgIpc) is 3.28. The van der Waals surface area contributed by atoms with Gasteiger partial charge in [-0.15, -0.1) is 0 Å². The number of aromatic hydroxyl groups is 1. The van der Waals surface area contributed by atoms with E-state index in [0.29, 0.717) is 31.4 Å². The Kier molecular flexibility index (Phi) is 9.45. The molecule has 0 radical (unpaired) electrons. The number of nitrogens with zero attached hydrogens (tertiary/aromatic N) is 1. The molecule has 1 aromatic carbocycles. The molecule has 1 amide bonds. The molecule has 0 bridgehead atoms.